The summed E-state index contributed by atoms with van der Waals surface area (Å²) in [5.41, 5.74) is 4.93. The fraction of sp³-hybridized carbons (Fsp3) is 0.333. The molecule has 0 aromatic heterocycles. The molecule has 38 valence electrons. The van der Waals surface area contributed by atoms with E-state index >= 15 is 0 Å². The summed E-state index contributed by atoms with van der Waals surface area (Å²) >= 11 is 0. The molecule has 1 saturated heterocycles. The molecule has 1 unspecified atom stereocenters. The number of ketones is 1. The summed E-state index contributed by atoms with van der Waals surface area (Å²) in [6.45, 7) is 0. The van der Waals surface area contributed by atoms with E-state index in [0.29, 0.717) is 0 Å². The Hall–Kier alpha value is -0.900. The molecule has 1 atom stereocenters. The lowest BCUT2D eigenvalue weighted by atomic mass is 10.2. The van der Waals surface area contributed by atoms with Crippen molar-refractivity contribution in [1.29, 1.82) is 0 Å². The van der Waals surface area contributed by atoms with Crippen LogP contribution in [0.5, 0.6) is 0 Å². The molecule has 1 amide bonds. The zero-order valence-corrected chi connectivity index (χ0v) is 3.47. The van der Waals surface area contributed by atoms with E-state index in [1.54, 1.807) is 0 Å². The van der Waals surface area contributed by atoms with Crippen molar-refractivity contribution in [3.05, 3.63) is 0 Å². The van der Waals surface area contributed by atoms with E-state index in [4.69, 9.17) is 5.73 Å². The first-order valence-corrected chi connectivity index (χ1v) is 1.82. The molecule has 4 heteroatoms. The van der Waals surface area contributed by atoms with E-state index in [1.807, 2.05) is 0 Å². The number of β-lactam (4-membered cyclic amide) rings is 1. The van der Waals surface area contributed by atoms with Crippen LogP contribution in [0.25, 0.3) is 0 Å². The van der Waals surface area contributed by atoms with Crippen molar-refractivity contribution in [3.63, 3.8) is 0 Å². The standard InChI is InChI=1S/C3H4N2O2/c4-2-1(6)3(7)5-2/h2H,4H2,(H,5,7). The molecule has 0 bridgehead atoms. The van der Waals surface area contributed by atoms with Crippen molar-refractivity contribution in [1.82, 2.24) is 5.32 Å². The van der Waals surface area contributed by atoms with E-state index in [1.165, 1.54) is 0 Å². The van der Waals surface area contributed by atoms with Crippen LogP contribution in [0.15, 0.2) is 0 Å². The van der Waals surface area contributed by atoms with Gasteiger partial charge in [-0.25, -0.2) is 0 Å². The number of hydrogen-bond acceptors (Lipinski definition) is 3. The minimum Gasteiger partial charge on any atom is -0.327 e. The van der Waals surface area contributed by atoms with E-state index in [2.05, 4.69) is 5.32 Å². The number of rotatable bonds is 0. The number of nitrogens with two attached hydrogens (primary N) is 1. The Morgan fingerprint density at radius 2 is 2.14 bits per heavy atom. The molecule has 1 rings (SSSR count). The molecule has 3 N–H and O–H groups in total. The molecule has 1 heterocycles. The van der Waals surface area contributed by atoms with Gasteiger partial charge in [-0.15, -0.1) is 0 Å². The summed E-state index contributed by atoms with van der Waals surface area (Å²) in [6.07, 6.45) is -0.729. The SMILES string of the molecule is NC1NC(=O)C1=O. The van der Waals surface area contributed by atoms with Crippen molar-refractivity contribution in [2.24, 2.45) is 5.73 Å². The molecule has 0 aliphatic carbocycles. The maximum atomic E-state index is 10.0. The smallest absolute Gasteiger partial charge is 0.292 e. The normalized spacial score (nSPS) is 29.0. The Bertz CT molecular complexity index is 131. The molecule has 0 spiro atoms. The van der Waals surface area contributed by atoms with Gasteiger partial charge in [0, 0.05) is 0 Å². The van der Waals surface area contributed by atoms with Gasteiger partial charge < -0.3 is 11.1 Å². The quantitative estimate of drug-likeness (QED) is 0.272. The zero-order valence-electron chi connectivity index (χ0n) is 3.47. The Labute approximate surface area is 39.7 Å². The maximum absolute atomic E-state index is 10.0. The number of carbonyl (C=O) groups is 2. The van der Waals surface area contributed by atoms with Crippen LogP contribution in [-0.4, -0.2) is 17.9 Å². The van der Waals surface area contributed by atoms with Gasteiger partial charge in [0.25, 0.3) is 11.7 Å². The van der Waals surface area contributed by atoms with Gasteiger partial charge >= 0.3 is 0 Å². The maximum Gasteiger partial charge on any atom is 0.292 e. The highest BCUT2D eigenvalue weighted by Crippen LogP contribution is 1.88. The number of nitrogens with one attached hydrogen (secondary N) is 1. The van der Waals surface area contributed by atoms with Gasteiger partial charge in [0.2, 0.25) is 0 Å². The van der Waals surface area contributed by atoms with Crippen LogP contribution < -0.4 is 11.1 Å². The van der Waals surface area contributed by atoms with Crippen LogP contribution in [0.3, 0.4) is 0 Å². The molecule has 0 radical (unpaired) electrons. The predicted octanol–water partition coefficient (Wildman–Crippen LogP) is -2.03. The summed E-state index contributed by atoms with van der Waals surface area (Å²) < 4.78 is 0. The lowest BCUT2D eigenvalue weighted by Gasteiger charge is -2.19. The van der Waals surface area contributed by atoms with Crippen LogP contribution >= 0.6 is 0 Å². The van der Waals surface area contributed by atoms with Gasteiger partial charge in [-0.2, -0.15) is 0 Å². The number of amides is 1. The Kier molecular flexibility index (Phi) is 0.631. The Morgan fingerprint density at radius 3 is 2.14 bits per heavy atom. The largest absolute Gasteiger partial charge is 0.327 e. The first-order valence-electron chi connectivity index (χ1n) is 1.82. The van der Waals surface area contributed by atoms with Gasteiger partial charge in [-0.3, -0.25) is 9.59 Å². The van der Waals surface area contributed by atoms with Crippen LogP contribution in [0, 0.1) is 0 Å². The lowest BCUT2D eigenvalue weighted by molar-refractivity contribution is -0.146. The van der Waals surface area contributed by atoms with Gasteiger partial charge in [0.15, 0.2) is 0 Å². The molecule has 1 fully saturated rings. The molecule has 0 aromatic rings. The second kappa shape index (κ2) is 1.04. The first-order chi connectivity index (χ1) is 3.22. The van der Waals surface area contributed by atoms with Crippen molar-refractivity contribution < 1.29 is 9.59 Å². The summed E-state index contributed by atoms with van der Waals surface area (Å²) in [6, 6.07) is 0. The molecular weight excluding hydrogens is 96.0 g/mol. The third-order valence-corrected chi connectivity index (χ3v) is 0.793. The monoisotopic (exact) mass is 100 g/mol. The summed E-state index contributed by atoms with van der Waals surface area (Å²) in [4.78, 5) is 19.9. The van der Waals surface area contributed by atoms with Crippen LogP contribution in [0.2, 0.25) is 0 Å². The average molecular weight is 100 g/mol. The van der Waals surface area contributed by atoms with Crippen molar-refractivity contribution in [2.45, 2.75) is 6.17 Å². The fourth-order valence-electron chi connectivity index (χ4n) is 0.341. The van der Waals surface area contributed by atoms with Gasteiger partial charge in [0.1, 0.15) is 6.17 Å². The van der Waals surface area contributed by atoms with Crippen LogP contribution in [-0.2, 0) is 9.59 Å². The minimum absolute atomic E-state index is 0.528. The highest BCUT2D eigenvalue weighted by atomic mass is 16.2. The van der Waals surface area contributed by atoms with Crippen molar-refractivity contribution in [2.75, 3.05) is 0 Å². The minimum atomic E-state index is -0.729. The molecule has 0 saturated carbocycles. The third-order valence-electron chi connectivity index (χ3n) is 0.793. The van der Waals surface area contributed by atoms with Gasteiger partial charge in [0.05, 0.1) is 0 Å². The molecule has 7 heavy (non-hydrogen) atoms. The average Bonchev–Trinajstić information content (AvgIpc) is 1.68. The first kappa shape index (κ1) is 4.26. The van der Waals surface area contributed by atoms with Gasteiger partial charge in [-0.05, 0) is 0 Å². The number of hydrogen-bond donors (Lipinski definition) is 2. The van der Waals surface area contributed by atoms with Gasteiger partial charge in [-0.1, -0.05) is 0 Å². The molecular formula is C3H4N2O2. The highest BCUT2D eigenvalue weighted by molar-refractivity contribution is 6.44. The highest BCUT2D eigenvalue weighted by Gasteiger charge is 2.33. The molecule has 1 aliphatic heterocycles. The second-order valence-corrected chi connectivity index (χ2v) is 1.32. The van der Waals surface area contributed by atoms with E-state index in [0.717, 1.165) is 0 Å². The van der Waals surface area contributed by atoms with Crippen molar-refractivity contribution >= 4 is 11.7 Å². The number of Topliss-reactive ketones (excluding diaryl/α,β-unsaturated/α-hetero) is 1. The predicted molar refractivity (Wildman–Crippen MR) is 21.1 cm³/mol. The number of carbonyl (C=O) groups excluding carboxylic acids is 2. The Balaban J connectivity index is 2.60. The Morgan fingerprint density at radius 1 is 1.57 bits per heavy atom. The van der Waals surface area contributed by atoms with Crippen LogP contribution in [0.4, 0.5) is 0 Å². The van der Waals surface area contributed by atoms with E-state index in [-0.39, 0.29) is 0 Å². The summed E-state index contributed by atoms with van der Waals surface area (Å²) in [7, 11) is 0. The lowest BCUT2D eigenvalue weighted by Crippen LogP contribution is -2.63. The van der Waals surface area contributed by atoms with E-state index < -0.39 is 17.9 Å². The molecule has 4 nitrogen and oxygen atoms in total. The third kappa shape index (κ3) is 0.398. The fourth-order valence-corrected chi connectivity index (χ4v) is 0.341. The topological polar surface area (TPSA) is 72.2 Å². The molecule has 1 aliphatic rings. The summed E-state index contributed by atoms with van der Waals surface area (Å²) in [5.74, 6) is -1.10. The summed E-state index contributed by atoms with van der Waals surface area (Å²) in [5, 5.41) is 2.14. The van der Waals surface area contributed by atoms with E-state index in [9.17, 15) is 9.59 Å². The molecule has 0 aromatic carbocycles. The second-order valence-electron chi connectivity index (χ2n) is 1.32. The zero-order chi connectivity index (χ0) is 5.44. The van der Waals surface area contributed by atoms with Crippen molar-refractivity contribution in [3.8, 4) is 0 Å². The van der Waals surface area contributed by atoms with Crippen LogP contribution in [0.1, 0.15) is 0 Å².